The molecule has 0 bridgehead atoms. The van der Waals surface area contributed by atoms with Gasteiger partial charge < -0.3 is 19.5 Å². The first-order valence-corrected chi connectivity index (χ1v) is 7.58. The fourth-order valence-electron chi connectivity index (χ4n) is 2.02. The molecule has 0 aliphatic heterocycles. The first kappa shape index (κ1) is 18.8. The molecular formula is C18H19N3O5. The molecular weight excluding hydrogens is 338 g/mol. The van der Waals surface area contributed by atoms with Gasteiger partial charge >= 0.3 is 11.8 Å². The summed E-state index contributed by atoms with van der Waals surface area (Å²) in [6.07, 6.45) is 1.37. The number of carbonyl (C=O) groups is 2. The number of hydrogen-bond acceptors (Lipinski definition) is 6. The van der Waals surface area contributed by atoms with E-state index < -0.39 is 11.8 Å². The van der Waals surface area contributed by atoms with Gasteiger partial charge in [0.1, 0.15) is 17.2 Å². The summed E-state index contributed by atoms with van der Waals surface area (Å²) in [6, 6.07) is 11.8. The summed E-state index contributed by atoms with van der Waals surface area (Å²) in [5.41, 5.74) is 3.21. The van der Waals surface area contributed by atoms with Gasteiger partial charge in [-0.25, -0.2) is 5.43 Å². The number of hydrogen-bond donors (Lipinski definition) is 2. The van der Waals surface area contributed by atoms with Crippen LogP contribution in [0.2, 0.25) is 0 Å². The molecule has 8 heteroatoms. The van der Waals surface area contributed by atoms with Crippen molar-refractivity contribution in [2.45, 2.75) is 0 Å². The zero-order chi connectivity index (χ0) is 18.9. The largest absolute Gasteiger partial charge is 0.497 e. The van der Waals surface area contributed by atoms with Gasteiger partial charge in [0.05, 0.1) is 27.5 Å². The van der Waals surface area contributed by atoms with Gasteiger partial charge in [-0.1, -0.05) is 6.07 Å². The van der Waals surface area contributed by atoms with Crippen molar-refractivity contribution < 1.29 is 23.8 Å². The van der Waals surface area contributed by atoms with Gasteiger partial charge in [0.15, 0.2) is 0 Å². The van der Waals surface area contributed by atoms with Crippen LogP contribution in [0.25, 0.3) is 0 Å². The molecule has 0 unspecified atom stereocenters. The molecule has 0 aliphatic carbocycles. The van der Waals surface area contributed by atoms with E-state index in [1.807, 2.05) is 0 Å². The van der Waals surface area contributed by atoms with E-state index in [9.17, 15) is 9.59 Å². The second-order valence-electron chi connectivity index (χ2n) is 4.99. The van der Waals surface area contributed by atoms with Gasteiger partial charge in [-0.3, -0.25) is 9.59 Å². The molecule has 2 rings (SSSR count). The van der Waals surface area contributed by atoms with Crippen molar-refractivity contribution in [1.29, 1.82) is 0 Å². The zero-order valence-electron chi connectivity index (χ0n) is 14.6. The van der Waals surface area contributed by atoms with Crippen molar-refractivity contribution in [1.82, 2.24) is 5.43 Å². The van der Waals surface area contributed by atoms with Crippen LogP contribution < -0.4 is 25.0 Å². The number of rotatable bonds is 6. The Morgan fingerprint density at radius 1 is 0.923 bits per heavy atom. The molecule has 2 aromatic carbocycles. The van der Waals surface area contributed by atoms with Crippen molar-refractivity contribution in [2.24, 2.45) is 5.10 Å². The monoisotopic (exact) mass is 357 g/mol. The molecule has 0 aliphatic rings. The number of amides is 2. The van der Waals surface area contributed by atoms with E-state index in [0.29, 0.717) is 28.5 Å². The average Bonchev–Trinajstić information content (AvgIpc) is 2.68. The van der Waals surface area contributed by atoms with E-state index in [2.05, 4.69) is 15.8 Å². The molecule has 0 spiro atoms. The van der Waals surface area contributed by atoms with Gasteiger partial charge in [0.25, 0.3) is 0 Å². The molecule has 0 saturated carbocycles. The van der Waals surface area contributed by atoms with E-state index >= 15 is 0 Å². The summed E-state index contributed by atoms with van der Waals surface area (Å²) < 4.78 is 15.4. The number of benzene rings is 2. The Morgan fingerprint density at radius 3 is 2.35 bits per heavy atom. The van der Waals surface area contributed by atoms with Gasteiger partial charge in [-0.15, -0.1) is 0 Å². The van der Waals surface area contributed by atoms with Crippen LogP contribution in [-0.2, 0) is 9.59 Å². The summed E-state index contributed by atoms with van der Waals surface area (Å²) in [6.45, 7) is 0. The Bertz CT molecular complexity index is 820. The number of ether oxygens (including phenoxy) is 3. The van der Waals surface area contributed by atoms with Gasteiger partial charge in [0, 0.05) is 23.4 Å². The standard InChI is InChI=1S/C18H19N3O5/c1-24-14-6-4-5-13(9-14)20-17(22)18(23)21-19-11-12-7-8-15(25-2)10-16(12)26-3/h4-11H,1-3H3,(H,20,22)(H,21,23). The van der Waals surface area contributed by atoms with Crippen LogP contribution in [0, 0.1) is 0 Å². The second kappa shape index (κ2) is 9.07. The van der Waals surface area contributed by atoms with Crippen LogP contribution in [0.5, 0.6) is 17.2 Å². The highest BCUT2D eigenvalue weighted by Crippen LogP contribution is 2.23. The average molecular weight is 357 g/mol. The van der Waals surface area contributed by atoms with Gasteiger partial charge in [-0.2, -0.15) is 5.10 Å². The minimum atomic E-state index is -0.906. The van der Waals surface area contributed by atoms with Crippen molar-refractivity contribution >= 4 is 23.7 Å². The molecule has 26 heavy (non-hydrogen) atoms. The highest BCUT2D eigenvalue weighted by molar-refractivity contribution is 6.39. The van der Waals surface area contributed by atoms with E-state index in [1.54, 1.807) is 49.6 Å². The highest BCUT2D eigenvalue weighted by Gasteiger charge is 2.13. The Kier molecular flexibility index (Phi) is 6.55. The first-order chi connectivity index (χ1) is 12.6. The molecule has 8 nitrogen and oxygen atoms in total. The number of nitrogens with one attached hydrogen (secondary N) is 2. The van der Waals surface area contributed by atoms with Crippen LogP contribution in [0.1, 0.15) is 5.56 Å². The predicted octanol–water partition coefficient (Wildman–Crippen LogP) is 1.80. The zero-order valence-corrected chi connectivity index (χ0v) is 14.6. The van der Waals surface area contributed by atoms with Crippen LogP contribution in [-0.4, -0.2) is 39.4 Å². The molecule has 2 amide bonds. The van der Waals surface area contributed by atoms with Crippen LogP contribution in [0.4, 0.5) is 5.69 Å². The van der Waals surface area contributed by atoms with E-state index in [1.165, 1.54) is 20.4 Å². The fourth-order valence-corrected chi connectivity index (χ4v) is 2.02. The molecule has 0 aromatic heterocycles. The lowest BCUT2D eigenvalue weighted by molar-refractivity contribution is -0.136. The van der Waals surface area contributed by atoms with E-state index in [-0.39, 0.29) is 0 Å². The maximum Gasteiger partial charge on any atom is 0.329 e. The van der Waals surface area contributed by atoms with Gasteiger partial charge in [-0.05, 0) is 24.3 Å². The summed E-state index contributed by atoms with van der Waals surface area (Å²) in [7, 11) is 4.56. The molecule has 0 heterocycles. The Balaban J connectivity index is 1.97. The van der Waals surface area contributed by atoms with E-state index in [4.69, 9.17) is 14.2 Å². The lowest BCUT2D eigenvalue weighted by atomic mass is 10.2. The predicted molar refractivity (Wildman–Crippen MR) is 96.9 cm³/mol. The second-order valence-corrected chi connectivity index (χ2v) is 4.99. The molecule has 0 saturated heterocycles. The SMILES string of the molecule is COc1cccc(NC(=O)C(=O)NN=Cc2ccc(OC)cc2OC)c1. The Labute approximate surface area is 150 Å². The van der Waals surface area contributed by atoms with Crippen LogP contribution >= 0.6 is 0 Å². The smallest absolute Gasteiger partial charge is 0.329 e. The summed E-state index contributed by atoms with van der Waals surface area (Å²) in [5, 5.41) is 6.23. The topological polar surface area (TPSA) is 98.2 Å². The molecule has 0 atom stereocenters. The summed E-state index contributed by atoms with van der Waals surface area (Å²) in [4.78, 5) is 23.7. The van der Waals surface area contributed by atoms with Crippen molar-refractivity contribution in [3.63, 3.8) is 0 Å². The third-order valence-electron chi connectivity index (χ3n) is 3.34. The number of nitrogens with zero attached hydrogens (tertiary/aromatic N) is 1. The summed E-state index contributed by atoms with van der Waals surface area (Å²) in [5.74, 6) is -0.0506. The van der Waals surface area contributed by atoms with Crippen molar-refractivity contribution in [3.05, 3.63) is 48.0 Å². The fraction of sp³-hybridized carbons (Fsp3) is 0.167. The lowest BCUT2D eigenvalue weighted by Gasteiger charge is -2.07. The van der Waals surface area contributed by atoms with Gasteiger partial charge in [0.2, 0.25) is 0 Å². The quantitative estimate of drug-likeness (QED) is 0.467. The molecule has 136 valence electrons. The van der Waals surface area contributed by atoms with Crippen LogP contribution in [0.15, 0.2) is 47.6 Å². The van der Waals surface area contributed by atoms with Crippen molar-refractivity contribution in [3.8, 4) is 17.2 Å². The molecule has 0 radical (unpaired) electrons. The molecule has 2 N–H and O–H groups in total. The number of hydrazone groups is 1. The number of carbonyl (C=O) groups excluding carboxylic acids is 2. The number of methoxy groups -OCH3 is 3. The molecule has 2 aromatic rings. The van der Waals surface area contributed by atoms with E-state index in [0.717, 1.165) is 0 Å². The molecule has 0 fully saturated rings. The maximum absolute atomic E-state index is 11.9. The van der Waals surface area contributed by atoms with Crippen LogP contribution in [0.3, 0.4) is 0 Å². The summed E-state index contributed by atoms with van der Waals surface area (Å²) >= 11 is 0. The highest BCUT2D eigenvalue weighted by atomic mass is 16.5. The normalized spacial score (nSPS) is 10.3. The van der Waals surface area contributed by atoms with Crippen molar-refractivity contribution in [2.75, 3.05) is 26.6 Å². The number of anilines is 1. The minimum Gasteiger partial charge on any atom is -0.497 e. The maximum atomic E-state index is 11.9. The Hall–Kier alpha value is -3.55. The minimum absolute atomic E-state index is 0.435. The lowest BCUT2D eigenvalue weighted by Crippen LogP contribution is -2.32. The Morgan fingerprint density at radius 2 is 1.65 bits per heavy atom. The first-order valence-electron chi connectivity index (χ1n) is 7.58. The third kappa shape index (κ3) is 4.97. The third-order valence-corrected chi connectivity index (χ3v) is 3.34.